The van der Waals surface area contributed by atoms with Gasteiger partial charge in [-0.1, -0.05) is 24.3 Å². The molecule has 1 fully saturated rings. The summed E-state index contributed by atoms with van der Waals surface area (Å²) in [6, 6.07) is 14.7. The SMILES string of the molecule is O=C(c1ccc2c3c(cccc13)CC2)N1CCN(Cc2ccncc2)CC1. The first-order valence-corrected chi connectivity index (χ1v) is 9.73. The lowest BCUT2D eigenvalue weighted by atomic mass is 9.99. The molecule has 0 radical (unpaired) electrons. The van der Waals surface area contributed by atoms with E-state index in [9.17, 15) is 4.79 Å². The van der Waals surface area contributed by atoms with Crippen LogP contribution >= 0.6 is 0 Å². The smallest absolute Gasteiger partial charge is 0.254 e. The number of hydrogen-bond acceptors (Lipinski definition) is 3. The quantitative estimate of drug-likeness (QED) is 0.722. The third-order valence-corrected chi connectivity index (χ3v) is 5.92. The average molecular weight is 357 g/mol. The fraction of sp³-hybridized carbons (Fsp3) is 0.304. The van der Waals surface area contributed by atoms with Crippen LogP contribution in [0.25, 0.3) is 10.8 Å². The van der Waals surface area contributed by atoms with Crippen molar-refractivity contribution in [2.24, 2.45) is 0 Å². The van der Waals surface area contributed by atoms with Crippen molar-refractivity contribution >= 4 is 16.7 Å². The molecule has 1 aliphatic carbocycles. The minimum Gasteiger partial charge on any atom is -0.336 e. The Labute approximate surface area is 159 Å². The van der Waals surface area contributed by atoms with Gasteiger partial charge in [-0.2, -0.15) is 0 Å². The first kappa shape index (κ1) is 16.5. The molecule has 4 nitrogen and oxygen atoms in total. The van der Waals surface area contributed by atoms with Crippen molar-refractivity contribution in [3.05, 3.63) is 77.1 Å². The molecule has 0 unspecified atom stereocenters. The van der Waals surface area contributed by atoms with Gasteiger partial charge in [-0.05, 0) is 58.5 Å². The molecule has 2 heterocycles. The molecule has 2 aliphatic rings. The van der Waals surface area contributed by atoms with Gasteiger partial charge in [0.2, 0.25) is 0 Å². The van der Waals surface area contributed by atoms with Crippen LogP contribution in [0.3, 0.4) is 0 Å². The van der Waals surface area contributed by atoms with E-state index in [0.29, 0.717) is 0 Å². The van der Waals surface area contributed by atoms with Crippen LogP contribution in [0.15, 0.2) is 54.9 Å². The standard InChI is InChI=1S/C23H23N3O/c27-23(21-7-6-19-5-4-18-2-1-3-20(21)22(18)19)26-14-12-25(13-15-26)16-17-8-10-24-11-9-17/h1-3,6-11H,4-5,12-16H2. The van der Waals surface area contributed by atoms with Crippen LogP contribution in [0.5, 0.6) is 0 Å². The van der Waals surface area contributed by atoms with Gasteiger partial charge in [0, 0.05) is 50.7 Å². The molecule has 1 aromatic heterocycles. The van der Waals surface area contributed by atoms with Gasteiger partial charge in [-0.3, -0.25) is 14.7 Å². The van der Waals surface area contributed by atoms with E-state index in [1.54, 1.807) is 0 Å². The lowest BCUT2D eigenvalue weighted by Gasteiger charge is -2.35. The molecule has 1 amide bonds. The molecular weight excluding hydrogens is 334 g/mol. The molecule has 1 aliphatic heterocycles. The minimum absolute atomic E-state index is 0.175. The number of piperazine rings is 1. The summed E-state index contributed by atoms with van der Waals surface area (Å²) in [4.78, 5) is 21.7. The lowest BCUT2D eigenvalue weighted by molar-refractivity contribution is 0.0630. The molecule has 27 heavy (non-hydrogen) atoms. The third-order valence-electron chi connectivity index (χ3n) is 5.92. The number of rotatable bonds is 3. The van der Waals surface area contributed by atoms with Gasteiger partial charge < -0.3 is 4.90 Å². The van der Waals surface area contributed by atoms with Gasteiger partial charge in [0.05, 0.1) is 0 Å². The van der Waals surface area contributed by atoms with Crippen molar-refractivity contribution in [2.45, 2.75) is 19.4 Å². The van der Waals surface area contributed by atoms with Crippen molar-refractivity contribution in [2.75, 3.05) is 26.2 Å². The van der Waals surface area contributed by atoms with Crippen molar-refractivity contribution < 1.29 is 4.79 Å². The topological polar surface area (TPSA) is 36.4 Å². The molecule has 0 atom stereocenters. The van der Waals surface area contributed by atoms with Crippen LogP contribution in [-0.4, -0.2) is 46.9 Å². The number of benzene rings is 2. The van der Waals surface area contributed by atoms with Gasteiger partial charge in [-0.15, -0.1) is 0 Å². The fourth-order valence-electron chi connectivity index (χ4n) is 4.46. The normalized spacial score (nSPS) is 16.8. The zero-order chi connectivity index (χ0) is 18.2. The largest absolute Gasteiger partial charge is 0.336 e. The molecule has 0 N–H and O–H groups in total. The number of carbonyl (C=O) groups is 1. The predicted octanol–water partition coefficient (Wildman–Crippen LogP) is 3.29. The number of amides is 1. The molecule has 2 aromatic carbocycles. The molecular formula is C23H23N3O. The Kier molecular flexibility index (Phi) is 4.13. The average Bonchev–Trinajstić information content (AvgIpc) is 3.14. The second kappa shape index (κ2) is 6.78. The molecule has 4 heteroatoms. The van der Waals surface area contributed by atoms with E-state index in [1.807, 2.05) is 23.4 Å². The summed E-state index contributed by atoms with van der Waals surface area (Å²) in [5.41, 5.74) is 4.91. The Bertz CT molecular complexity index is 981. The molecule has 0 bridgehead atoms. The maximum Gasteiger partial charge on any atom is 0.254 e. The number of pyridine rings is 1. The number of hydrogen-bond donors (Lipinski definition) is 0. The van der Waals surface area contributed by atoms with Crippen molar-refractivity contribution in [3.63, 3.8) is 0 Å². The lowest BCUT2D eigenvalue weighted by Crippen LogP contribution is -2.48. The second-order valence-corrected chi connectivity index (χ2v) is 7.54. The van der Waals surface area contributed by atoms with Gasteiger partial charge >= 0.3 is 0 Å². The van der Waals surface area contributed by atoms with Crippen molar-refractivity contribution in [1.82, 2.24) is 14.8 Å². The highest BCUT2D eigenvalue weighted by Gasteiger charge is 2.25. The van der Waals surface area contributed by atoms with E-state index >= 15 is 0 Å². The highest BCUT2D eigenvalue weighted by atomic mass is 16.2. The fourth-order valence-corrected chi connectivity index (χ4v) is 4.46. The Balaban J connectivity index is 1.32. The number of carbonyl (C=O) groups excluding carboxylic acids is 1. The Morgan fingerprint density at radius 1 is 0.889 bits per heavy atom. The van der Waals surface area contributed by atoms with Crippen LogP contribution in [0.1, 0.15) is 27.0 Å². The maximum atomic E-state index is 13.2. The van der Waals surface area contributed by atoms with E-state index in [1.165, 1.54) is 22.1 Å². The zero-order valence-electron chi connectivity index (χ0n) is 15.4. The van der Waals surface area contributed by atoms with Crippen LogP contribution in [0.4, 0.5) is 0 Å². The molecule has 136 valence electrons. The number of nitrogens with zero attached hydrogens (tertiary/aromatic N) is 3. The highest BCUT2D eigenvalue weighted by molar-refractivity contribution is 6.09. The summed E-state index contributed by atoms with van der Waals surface area (Å²) in [7, 11) is 0. The molecule has 0 spiro atoms. The van der Waals surface area contributed by atoms with Gasteiger partial charge in [0.1, 0.15) is 0 Å². The molecule has 5 rings (SSSR count). The van der Waals surface area contributed by atoms with Gasteiger partial charge in [0.25, 0.3) is 5.91 Å². The van der Waals surface area contributed by atoms with Gasteiger partial charge in [0.15, 0.2) is 0 Å². The Hall–Kier alpha value is -2.72. The Morgan fingerprint density at radius 3 is 2.41 bits per heavy atom. The summed E-state index contributed by atoms with van der Waals surface area (Å²) in [6.45, 7) is 4.32. The number of aromatic nitrogens is 1. The summed E-state index contributed by atoms with van der Waals surface area (Å²) >= 11 is 0. The van der Waals surface area contributed by atoms with E-state index in [0.717, 1.165) is 56.5 Å². The summed E-state index contributed by atoms with van der Waals surface area (Å²) in [5.74, 6) is 0.175. The van der Waals surface area contributed by atoms with Gasteiger partial charge in [-0.25, -0.2) is 0 Å². The van der Waals surface area contributed by atoms with Crippen LogP contribution in [0, 0.1) is 0 Å². The van der Waals surface area contributed by atoms with E-state index < -0.39 is 0 Å². The predicted molar refractivity (Wildman–Crippen MR) is 107 cm³/mol. The van der Waals surface area contributed by atoms with Crippen LogP contribution in [0.2, 0.25) is 0 Å². The summed E-state index contributed by atoms with van der Waals surface area (Å²) in [5, 5.41) is 2.45. The van der Waals surface area contributed by atoms with E-state index in [4.69, 9.17) is 0 Å². The molecule has 3 aromatic rings. The molecule has 0 saturated carbocycles. The monoisotopic (exact) mass is 357 g/mol. The van der Waals surface area contributed by atoms with Crippen molar-refractivity contribution in [1.29, 1.82) is 0 Å². The van der Waals surface area contributed by atoms with Crippen LogP contribution in [-0.2, 0) is 19.4 Å². The summed E-state index contributed by atoms with van der Waals surface area (Å²) in [6.07, 6.45) is 5.87. The first-order valence-electron chi connectivity index (χ1n) is 9.73. The maximum absolute atomic E-state index is 13.2. The minimum atomic E-state index is 0.175. The van der Waals surface area contributed by atoms with E-state index in [2.05, 4.69) is 46.3 Å². The van der Waals surface area contributed by atoms with Crippen molar-refractivity contribution in [3.8, 4) is 0 Å². The number of aryl methyl sites for hydroxylation is 2. The highest BCUT2D eigenvalue weighted by Crippen LogP contribution is 2.33. The molecule has 1 saturated heterocycles. The first-order chi connectivity index (χ1) is 13.3. The zero-order valence-corrected chi connectivity index (χ0v) is 15.4. The van der Waals surface area contributed by atoms with Crippen LogP contribution < -0.4 is 0 Å². The Morgan fingerprint density at radius 2 is 1.63 bits per heavy atom. The third kappa shape index (κ3) is 3.00. The second-order valence-electron chi connectivity index (χ2n) is 7.54. The summed E-state index contributed by atoms with van der Waals surface area (Å²) < 4.78 is 0. The van der Waals surface area contributed by atoms with E-state index in [-0.39, 0.29) is 5.91 Å².